The van der Waals surface area contributed by atoms with E-state index < -0.39 is 0 Å². The van der Waals surface area contributed by atoms with Gasteiger partial charge in [-0.25, -0.2) is 0 Å². The number of rotatable bonds is 5. The monoisotopic (exact) mass is 348 g/mol. The lowest BCUT2D eigenvalue weighted by Gasteiger charge is -2.17. The van der Waals surface area contributed by atoms with Crippen molar-refractivity contribution in [2.75, 3.05) is 6.54 Å². The summed E-state index contributed by atoms with van der Waals surface area (Å²) in [6.07, 6.45) is 2.37. The van der Waals surface area contributed by atoms with Crippen molar-refractivity contribution in [1.82, 2.24) is 9.88 Å². The van der Waals surface area contributed by atoms with Gasteiger partial charge in [0.1, 0.15) is 5.75 Å². The van der Waals surface area contributed by atoms with Gasteiger partial charge in [-0.15, -0.1) is 0 Å². The molecule has 0 spiro atoms. The Hall–Kier alpha value is -2.26. The Morgan fingerprint density at radius 1 is 1.12 bits per heavy atom. The van der Waals surface area contributed by atoms with Gasteiger partial charge in [0.2, 0.25) is 0 Å². The number of fused-ring (bicyclic) bond motifs is 3. The molecule has 4 rings (SSSR count). The first kappa shape index (κ1) is 17.2. The Bertz CT molecular complexity index is 906. The van der Waals surface area contributed by atoms with Gasteiger partial charge in [-0.05, 0) is 62.6 Å². The smallest absolute Gasteiger partial charge is 0.119 e. The second-order valence-electron chi connectivity index (χ2n) is 7.58. The molecular formula is C23H28N2O. The predicted octanol–water partition coefficient (Wildman–Crippen LogP) is 4.63. The minimum Gasteiger partial charge on any atom is -0.491 e. The standard InChI is InChI=1S/C23H28N2O/c1-16(2)26-19-7-5-18(6-8-19)11-13-25-22-9-4-17(3)14-20(22)21-15-24-12-10-23(21)25/h4-9,14,16,24H,10-13,15H2,1-3H3. The number of nitrogens with zero attached hydrogens (tertiary/aromatic N) is 1. The summed E-state index contributed by atoms with van der Waals surface area (Å²) in [4.78, 5) is 0. The number of benzene rings is 2. The first-order chi connectivity index (χ1) is 12.6. The summed E-state index contributed by atoms with van der Waals surface area (Å²) in [5.41, 5.74) is 7.09. The lowest BCUT2D eigenvalue weighted by Crippen LogP contribution is -2.24. The van der Waals surface area contributed by atoms with Crippen LogP contribution in [0, 0.1) is 6.92 Å². The zero-order valence-electron chi connectivity index (χ0n) is 16.0. The van der Waals surface area contributed by atoms with Crippen LogP contribution in [0.5, 0.6) is 5.75 Å². The summed E-state index contributed by atoms with van der Waals surface area (Å²) in [5.74, 6) is 0.953. The molecule has 136 valence electrons. The normalized spacial score (nSPS) is 14.0. The lowest BCUT2D eigenvalue weighted by atomic mass is 10.0. The molecule has 1 aromatic heterocycles. The van der Waals surface area contributed by atoms with E-state index in [0.717, 1.165) is 38.2 Å². The zero-order chi connectivity index (χ0) is 18.1. The summed E-state index contributed by atoms with van der Waals surface area (Å²) >= 11 is 0. The quantitative estimate of drug-likeness (QED) is 0.728. The number of aromatic nitrogens is 1. The maximum atomic E-state index is 5.75. The number of hydrogen-bond donors (Lipinski definition) is 1. The van der Waals surface area contributed by atoms with Crippen molar-refractivity contribution < 1.29 is 4.74 Å². The highest BCUT2D eigenvalue weighted by Crippen LogP contribution is 2.30. The third-order valence-corrected chi connectivity index (χ3v) is 5.20. The summed E-state index contributed by atoms with van der Waals surface area (Å²) in [5, 5.41) is 4.96. The molecule has 3 heteroatoms. The van der Waals surface area contributed by atoms with Crippen LogP contribution in [0.3, 0.4) is 0 Å². The lowest BCUT2D eigenvalue weighted by molar-refractivity contribution is 0.242. The fraction of sp³-hybridized carbons (Fsp3) is 0.391. The van der Waals surface area contributed by atoms with E-state index in [9.17, 15) is 0 Å². The predicted molar refractivity (Wildman–Crippen MR) is 108 cm³/mol. The molecule has 0 radical (unpaired) electrons. The van der Waals surface area contributed by atoms with Gasteiger partial charge in [0, 0.05) is 42.7 Å². The molecule has 2 aromatic carbocycles. The van der Waals surface area contributed by atoms with Crippen LogP contribution in [-0.4, -0.2) is 17.2 Å². The van der Waals surface area contributed by atoms with Crippen molar-refractivity contribution in [2.24, 2.45) is 0 Å². The molecule has 2 heterocycles. The SMILES string of the molecule is Cc1ccc2c(c1)c1c(n2CCc2ccc(OC(C)C)cc2)CCNC1. The van der Waals surface area contributed by atoms with E-state index in [-0.39, 0.29) is 6.10 Å². The summed E-state index contributed by atoms with van der Waals surface area (Å²) in [6.45, 7) is 9.39. The Morgan fingerprint density at radius 2 is 1.92 bits per heavy atom. The van der Waals surface area contributed by atoms with E-state index in [4.69, 9.17) is 4.74 Å². The fourth-order valence-corrected chi connectivity index (χ4v) is 4.00. The van der Waals surface area contributed by atoms with Gasteiger partial charge in [0.25, 0.3) is 0 Å². The summed E-state index contributed by atoms with van der Waals surface area (Å²) in [7, 11) is 0. The zero-order valence-corrected chi connectivity index (χ0v) is 16.0. The number of ether oxygens (including phenoxy) is 1. The van der Waals surface area contributed by atoms with Gasteiger partial charge in [-0.1, -0.05) is 23.8 Å². The molecule has 3 nitrogen and oxygen atoms in total. The molecule has 1 aliphatic heterocycles. The van der Waals surface area contributed by atoms with Gasteiger partial charge in [-0.2, -0.15) is 0 Å². The van der Waals surface area contributed by atoms with Crippen molar-refractivity contribution in [1.29, 1.82) is 0 Å². The molecule has 0 unspecified atom stereocenters. The highest BCUT2D eigenvalue weighted by Gasteiger charge is 2.19. The third-order valence-electron chi connectivity index (χ3n) is 5.20. The van der Waals surface area contributed by atoms with E-state index in [0.29, 0.717) is 0 Å². The molecule has 26 heavy (non-hydrogen) atoms. The molecule has 0 atom stereocenters. The molecule has 0 bridgehead atoms. The third kappa shape index (κ3) is 3.36. The van der Waals surface area contributed by atoms with Crippen molar-refractivity contribution in [3.05, 3.63) is 64.8 Å². The number of nitrogens with one attached hydrogen (secondary N) is 1. The van der Waals surface area contributed by atoms with E-state index in [1.165, 1.54) is 33.3 Å². The first-order valence-electron chi connectivity index (χ1n) is 9.69. The van der Waals surface area contributed by atoms with Crippen molar-refractivity contribution >= 4 is 10.9 Å². The maximum Gasteiger partial charge on any atom is 0.119 e. The van der Waals surface area contributed by atoms with E-state index in [1.54, 1.807) is 0 Å². The van der Waals surface area contributed by atoms with Crippen molar-refractivity contribution in [3.8, 4) is 5.75 Å². The molecule has 1 aliphatic rings. The van der Waals surface area contributed by atoms with E-state index >= 15 is 0 Å². The summed E-state index contributed by atoms with van der Waals surface area (Å²) < 4.78 is 8.30. The maximum absolute atomic E-state index is 5.75. The average Bonchev–Trinajstić information content (AvgIpc) is 2.94. The molecule has 0 saturated heterocycles. The molecule has 0 saturated carbocycles. The highest BCUT2D eigenvalue weighted by atomic mass is 16.5. The van der Waals surface area contributed by atoms with E-state index in [1.807, 2.05) is 0 Å². The molecule has 0 amide bonds. The Morgan fingerprint density at radius 3 is 2.69 bits per heavy atom. The number of hydrogen-bond acceptors (Lipinski definition) is 2. The Balaban J connectivity index is 1.59. The number of aryl methyl sites for hydroxylation is 3. The molecule has 0 fully saturated rings. The highest BCUT2D eigenvalue weighted by molar-refractivity contribution is 5.86. The minimum absolute atomic E-state index is 0.218. The Kier molecular flexibility index (Phi) is 4.73. The molecule has 3 aromatic rings. The van der Waals surface area contributed by atoms with Crippen LogP contribution in [-0.2, 0) is 25.9 Å². The van der Waals surface area contributed by atoms with E-state index in [2.05, 4.69) is 73.1 Å². The van der Waals surface area contributed by atoms with Crippen molar-refractivity contribution in [3.63, 3.8) is 0 Å². The molecule has 1 N–H and O–H groups in total. The first-order valence-corrected chi connectivity index (χ1v) is 9.69. The largest absolute Gasteiger partial charge is 0.491 e. The Labute approximate surface area is 156 Å². The minimum atomic E-state index is 0.218. The van der Waals surface area contributed by atoms with Gasteiger partial charge in [0.15, 0.2) is 0 Å². The molecular weight excluding hydrogens is 320 g/mol. The van der Waals surface area contributed by atoms with Gasteiger partial charge < -0.3 is 14.6 Å². The van der Waals surface area contributed by atoms with Gasteiger partial charge >= 0.3 is 0 Å². The van der Waals surface area contributed by atoms with Crippen molar-refractivity contribution in [2.45, 2.75) is 52.8 Å². The average molecular weight is 348 g/mol. The molecule has 0 aliphatic carbocycles. The van der Waals surface area contributed by atoms with Crippen LogP contribution >= 0.6 is 0 Å². The second kappa shape index (κ2) is 7.16. The topological polar surface area (TPSA) is 26.2 Å². The van der Waals surface area contributed by atoms with Crippen LogP contribution in [0.1, 0.15) is 36.2 Å². The van der Waals surface area contributed by atoms with Crippen LogP contribution in [0.25, 0.3) is 10.9 Å². The fourth-order valence-electron chi connectivity index (χ4n) is 4.00. The van der Waals surface area contributed by atoms with Gasteiger partial charge in [-0.3, -0.25) is 0 Å². The van der Waals surface area contributed by atoms with Gasteiger partial charge in [0.05, 0.1) is 6.10 Å². The van der Waals surface area contributed by atoms with Crippen LogP contribution < -0.4 is 10.1 Å². The second-order valence-corrected chi connectivity index (χ2v) is 7.58. The van der Waals surface area contributed by atoms with Crippen LogP contribution in [0.4, 0.5) is 0 Å². The van der Waals surface area contributed by atoms with Crippen LogP contribution in [0.15, 0.2) is 42.5 Å². The summed E-state index contributed by atoms with van der Waals surface area (Å²) in [6, 6.07) is 15.4. The van der Waals surface area contributed by atoms with Crippen LogP contribution in [0.2, 0.25) is 0 Å².